The maximum atomic E-state index is 15.5. The number of nitrogens with zero attached hydrogens (tertiary/aromatic N) is 8. The normalized spacial score (nSPS) is 27.8. The lowest BCUT2D eigenvalue weighted by Gasteiger charge is -2.44. The molecule has 99 heavy (non-hydrogen) atoms. The highest BCUT2D eigenvalue weighted by molar-refractivity contribution is 6.01. The third-order valence-corrected chi connectivity index (χ3v) is 21.9. The second kappa shape index (κ2) is 34.3. The van der Waals surface area contributed by atoms with Crippen LogP contribution in [-0.4, -0.2) is 239 Å². The highest BCUT2D eigenvalue weighted by Gasteiger charge is 2.52. The van der Waals surface area contributed by atoms with Gasteiger partial charge in [-0.2, -0.15) is 13.2 Å². The van der Waals surface area contributed by atoms with Gasteiger partial charge < -0.3 is 60.5 Å². The number of halogens is 4. The molecule has 3 saturated carbocycles. The number of aryl methyl sites for hydroxylation is 1. The van der Waals surface area contributed by atoms with Crippen LogP contribution in [0.5, 0.6) is 0 Å². The molecule has 12 amide bonds. The van der Waals surface area contributed by atoms with Gasteiger partial charge in [0, 0.05) is 62.4 Å². The summed E-state index contributed by atoms with van der Waals surface area (Å²) in [5, 5.41) is 11.4. The summed E-state index contributed by atoms with van der Waals surface area (Å²) in [4.78, 5) is 188. The second-order valence-corrected chi connectivity index (χ2v) is 29.6. The van der Waals surface area contributed by atoms with Crippen LogP contribution in [0.3, 0.4) is 0 Å². The first-order valence-corrected chi connectivity index (χ1v) is 35.8. The lowest BCUT2D eigenvalue weighted by molar-refractivity contribution is -0.158. The Labute approximate surface area is 580 Å². The number of hydrogen-bond acceptors (Lipinski definition) is 12. The van der Waals surface area contributed by atoms with Crippen LogP contribution >= 0.6 is 0 Å². The summed E-state index contributed by atoms with van der Waals surface area (Å²) >= 11 is 0. The Morgan fingerprint density at radius 2 is 1.29 bits per heavy atom. The van der Waals surface area contributed by atoms with Crippen molar-refractivity contribution in [2.45, 2.75) is 248 Å². The summed E-state index contributed by atoms with van der Waals surface area (Å²) in [6, 6.07) is -8.87. The van der Waals surface area contributed by atoms with Gasteiger partial charge in [-0.15, -0.1) is 0 Å². The molecule has 0 radical (unpaired) electrons. The molecule has 10 atom stereocenters. The predicted molar refractivity (Wildman–Crippen MR) is 359 cm³/mol. The average molecular weight is 1400 g/mol. The third-order valence-electron chi connectivity index (χ3n) is 21.9. The molecule has 0 aromatic heterocycles. The Kier molecular flexibility index (Phi) is 27.3. The zero-order valence-electron chi connectivity index (χ0n) is 60.1. The van der Waals surface area contributed by atoms with Gasteiger partial charge in [0.25, 0.3) is 0 Å². The van der Waals surface area contributed by atoms with Crippen LogP contribution in [0.1, 0.15) is 187 Å². The van der Waals surface area contributed by atoms with Gasteiger partial charge in [-0.3, -0.25) is 57.5 Å². The molecule has 6 aliphatic rings. The highest BCUT2D eigenvalue weighted by atomic mass is 19.4. The van der Waals surface area contributed by atoms with Crippen molar-refractivity contribution >= 4 is 70.9 Å². The molecule has 0 unspecified atom stereocenters. The van der Waals surface area contributed by atoms with Crippen molar-refractivity contribution in [3.63, 3.8) is 0 Å². The summed E-state index contributed by atoms with van der Waals surface area (Å²) in [6.07, 6.45) is 3.79. The van der Waals surface area contributed by atoms with Gasteiger partial charge >= 0.3 is 6.18 Å². The topological polar surface area (TPSA) is 279 Å². The van der Waals surface area contributed by atoms with Crippen molar-refractivity contribution in [3.8, 4) is 0 Å². The molecule has 3 saturated heterocycles. The molecule has 1 spiro atoms. The molecular weight excluding hydrogens is 1290 g/mol. The SMILES string of the molecule is CC[C@H](C)[C@@H]1NC(=O)[C@H](CCC(C)C)N(C)C(=O)C[C@@H](C(=O)N(C)C)N(C)C(=O)[C@H](C2CCCC2)N(C)C(=O)C2(CCCC2)NC(=O)[C@@H]2CCCN2C(=O)[C@H](CCc2ccc(C(F)(F)F)c(F)c2)NC(=O)CN(C)C(=O)[C@H](CC2CCCCC2)N(C)C(=O)[C@@H]2CCN2C(=O)[C@H](C)NC1=O. The predicted octanol–water partition coefficient (Wildman–Crippen LogP) is 5.17. The maximum absolute atomic E-state index is 15.5. The van der Waals surface area contributed by atoms with E-state index in [0.29, 0.717) is 57.1 Å². The zero-order valence-corrected chi connectivity index (χ0v) is 60.1. The van der Waals surface area contributed by atoms with Gasteiger partial charge in [0.15, 0.2) is 0 Å². The van der Waals surface area contributed by atoms with E-state index in [9.17, 15) is 51.5 Å². The Bertz CT molecular complexity index is 3120. The molecule has 3 heterocycles. The number of benzene rings is 1. The van der Waals surface area contributed by atoms with Crippen molar-refractivity contribution in [3.05, 3.63) is 35.1 Å². The van der Waals surface area contributed by atoms with E-state index in [2.05, 4.69) is 21.3 Å². The van der Waals surface area contributed by atoms with Crippen LogP contribution < -0.4 is 21.3 Å². The molecule has 6 fully saturated rings. The number of carbonyl (C=O) groups excluding carboxylic acids is 12. The van der Waals surface area contributed by atoms with Crippen LogP contribution in [-0.2, 0) is 70.1 Å². The molecule has 3 aliphatic carbocycles. The molecule has 3 aliphatic heterocycles. The van der Waals surface area contributed by atoms with E-state index in [0.717, 1.165) is 55.9 Å². The van der Waals surface area contributed by atoms with Gasteiger partial charge in [0.2, 0.25) is 70.9 Å². The number of fused-ring (bicyclic) bond motifs is 2. The van der Waals surface area contributed by atoms with Gasteiger partial charge in [-0.05, 0) is 125 Å². The molecule has 4 N–H and O–H groups in total. The number of rotatable bonds is 12. The summed E-state index contributed by atoms with van der Waals surface area (Å²) in [6.45, 7) is 8.39. The molecule has 24 nitrogen and oxygen atoms in total. The molecule has 1 aromatic carbocycles. The minimum Gasteiger partial charge on any atom is -0.347 e. The molecule has 7 rings (SSSR count). The van der Waals surface area contributed by atoms with Crippen LogP contribution in [0.2, 0.25) is 0 Å². The number of alkyl halides is 3. The van der Waals surface area contributed by atoms with Gasteiger partial charge in [0.05, 0.1) is 18.5 Å². The van der Waals surface area contributed by atoms with E-state index in [1.165, 1.54) is 90.6 Å². The standard InChI is InChI=1S/C71H108F4N12O12/c1-13-43(4)58-62(92)76-44(5)63(93)87-37-33-53(87)67(97)83(10)54(39-45-22-15-14-16-23-45)66(96)81(8)41-56(88)77-50(31-29-46-28-30-48(49(72)38-46)71(73,74)75)64(94)86-36-21-26-52(86)61(91)79-70(34-19-20-35-70)69(99)85(12)59(47-24-17-18-25-47)68(98)84(11)55(65(95)80(6)7)40-57(89)82(9)51(60(90)78-58)32-27-42(2)3/h28,30,38,42-45,47,50-55,58-59H,13-27,29,31-37,39-41H2,1-12H3,(H,76,92)(H,77,88)(H,78,90)(H,79,91)/t43-,44-,50-,51-,52-,53-,54-,55-,58-,59-/m0/s1. The number of carbonyl (C=O) groups is 12. The van der Waals surface area contributed by atoms with Crippen LogP contribution in [0.25, 0.3) is 0 Å². The third kappa shape index (κ3) is 19.0. The molecule has 28 heteroatoms. The Morgan fingerprint density at radius 1 is 0.657 bits per heavy atom. The quantitative estimate of drug-likeness (QED) is 0.197. The number of likely N-dealkylation sites (N-methyl/N-ethyl adjacent to an activating group) is 6. The van der Waals surface area contributed by atoms with Crippen LogP contribution in [0.4, 0.5) is 17.6 Å². The number of amides is 12. The van der Waals surface area contributed by atoms with E-state index >= 15 is 23.6 Å². The lowest BCUT2D eigenvalue weighted by atomic mass is 9.84. The van der Waals surface area contributed by atoms with E-state index in [1.807, 2.05) is 20.8 Å². The Balaban J connectivity index is 1.28. The van der Waals surface area contributed by atoms with Gasteiger partial charge in [0.1, 0.15) is 65.7 Å². The van der Waals surface area contributed by atoms with Crippen molar-refractivity contribution in [2.75, 3.05) is 69.0 Å². The summed E-state index contributed by atoms with van der Waals surface area (Å²) in [5.74, 6) is -10.5. The fraction of sp³-hybridized carbons (Fsp3) is 0.746. The van der Waals surface area contributed by atoms with Crippen LogP contribution in [0.15, 0.2) is 18.2 Å². The largest absolute Gasteiger partial charge is 0.419 e. The summed E-state index contributed by atoms with van der Waals surface area (Å²) in [7, 11) is 10.1. The molecule has 552 valence electrons. The van der Waals surface area contributed by atoms with Crippen molar-refractivity contribution in [2.24, 2.45) is 23.7 Å². The highest BCUT2D eigenvalue weighted by Crippen LogP contribution is 2.38. The van der Waals surface area contributed by atoms with Crippen molar-refractivity contribution in [1.82, 2.24) is 60.5 Å². The average Bonchev–Trinajstić information content (AvgIpc) is 1.01. The first kappa shape index (κ1) is 78.9. The fourth-order valence-corrected chi connectivity index (χ4v) is 15.5. The zero-order chi connectivity index (χ0) is 73.1. The minimum absolute atomic E-state index is 0.00155. The summed E-state index contributed by atoms with van der Waals surface area (Å²) < 4.78 is 56.2. The Morgan fingerprint density at radius 3 is 1.88 bits per heavy atom. The minimum atomic E-state index is -5.00. The number of hydrogen-bond donors (Lipinski definition) is 4. The van der Waals surface area contributed by atoms with Crippen molar-refractivity contribution in [1.29, 1.82) is 0 Å². The fourth-order valence-electron chi connectivity index (χ4n) is 15.5. The van der Waals surface area contributed by atoms with Gasteiger partial charge in [-0.1, -0.05) is 98.0 Å². The lowest BCUT2D eigenvalue weighted by Crippen LogP contribution is -2.65. The summed E-state index contributed by atoms with van der Waals surface area (Å²) in [5.41, 5.74) is -3.04. The van der Waals surface area contributed by atoms with E-state index in [1.54, 1.807) is 6.92 Å². The Hall–Kier alpha value is -7.42. The monoisotopic (exact) mass is 1400 g/mol. The van der Waals surface area contributed by atoms with E-state index in [4.69, 9.17) is 0 Å². The van der Waals surface area contributed by atoms with E-state index in [-0.39, 0.29) is 81.9 Å². The maximum Gasteiger partial charge on any atom is 0.419 e. The van der Waals surface area contributed by atoms with Crippen molar-refractivity contribution < 1.29 is 75.1 Å². The van der Waals surface area contributed by atoms with Crippen LogP contribution in [0, 0.1) is 29.5 Å². The first-order chi connectivity index (χ1) is 46.6. The molecule has 1 aromatic rings. The van der Waals surface area contributed by atoms with Gasteiger partial charge in [-0.25, -0.2) is 4.39 Å². The van der Waals surface area contributed by atoms with E-state index < -0.39 is 173 Å². The molecular formula is C71H108F4N12O12. The molecule has 0 bridgehead atoms. The number of nitrogens with one attached hydrogen (secondary N) is 4. The smallest absolute Gasteiger partial charge is 0.347 e. The second-order valence-electron chi connectivity index (χ2n) is 29.6. The first-order valence-electron chi connectivity index (χ1n) is 35.8.